The van der Waals surface area contributed by atoms with E-state index >= 15 is 0 Å². The third kappa shape index (κ3) is 3.09. The molecule has 2 N–H and O–H groups in total. The monoisotopic (exact) mass is 316 g/mol. The van der Waals surface area contributed by atoms with Crippen LogP contribution in [-0.4, -0.2) is 33.7 Å². The van der Waals surface area contributed by atoms with E-state index < -0.39 is 20.0 Å². The summed E-state index contributed by atoms with van der Waals surface area (Å²) in [5, 5.41) is 5.02. The lowest BCUT2D eigenvalue weighted by atomic mass is 10.4. The fourth-order valence-corrected chi connectivity index (χ4v) is 4.22. The van der Waals surface area contributed by atoms with Crippen LogP contribution in [0.4, 0.5) is 0 Å². The number of nitrogens with two attached hydrogens (primary N) is 1. The maximum atomic E-state index is 12.5. The molecule has 8 heteroatoms. The average Bonchev–Trinajstić information content (AvgIpc) is 3.19. The normalized spacial score (nSPS) is 16.3. The standard InChI is InChI=1S/C12H16N2O4S2/c1-2-8-14(10-6-7-10)20(17,18)12-5-3-4-11(9-12)19(13,15)16/h2-5,9-10H,1,6-8H2,(H2,13,15,16). The Kier molecular flexibility index (Phi) is 4.01. The highest BCUT2D eigenvalue weighted by Gasteiger charge is 2.37. The van der Waals surface area contributed by atoms with Crippen LogP contribution in [-0.2, 0) is 20.0 Å². The molecule has 6 nitrogen and oxygen atoms in total. The molecule has 0 spiro atoms. The van der Waals surface area contributed by atoms with Crippen molar-refractivity contribution < 1.29 is 16.8 Å². The molecule has 2 rings (SSSR count). The van der Waals surface area contributed by atoms with Crippen LogP contribution in [0.3, 0.4) is 0 Å². The van der Waals surface area contributed by atoms with Crippen LogP contribution in [0.5, 0.6) is 0 Å². The largest absolute Gasteiger partial charge is 0.243 e. The van der Waals surface area contributed by atoms with Crippen molar-refractivity contribution >= 4 is 20.0 Å². The van der Waals surface area contributed by atoms with Crippen molar-refractivity contribution in [2.75, 3.05) is 6.54 Å². The Balaban J connectivity index is 2.46. The van der Waals surface area contributed by atoms with E-state index in [2.05, 4.69) is 6.58 Å². The van der Waals surface area contributed by atoms with Gasteiger partial charge >= 0.3 is 0 Å². The van der Waals surface area contributed by atoms with E-state index in [9.17, 15) is 16.8 Å². The van der Waals surface area contributed by atoms with E-state index in [0.29, 0.717) is 0 Å². The minimum Gasteiger partial charge on any atom is -0.225 e. The van der Waals surface area contributed by atoms with Crippen molar-refractivity contribution in [3.8, 4) is 0 Å². The van der Waals surface area contributed by atoms with Crippen LogP contribution in [0.2, 0.25) is 0 Å². The van der Waals surface area contributed by atoms with Crippen LogP contribution in [0, 0.1) is 0 Å². The molecule has 1 aliphatic carbocycles. The number of rotatable bonds is 6. The highest BCUT2D eigenvalue weighted by molar-refractivity contribution is 7.90. The maximum Gasteiger partial charge on any atom is 0.243 e. The van der Waals surface area contributed by atoms with Crippen LogP contribution in [0.1, 0.15) is 12.8 Å². The molecule has 0 amide bonds. The Morgan fingerprint density at radius 3 is 2.35 bits per heavy atom. The zero-order chi connectivity index (χ0) is 15.0. The fraction of sp³-hybridized carbons (Fsp3) is 0.333. The van der Waals surface area contributed by atoms with E-state index in [1.165, 1.54) is 28.6 Å². The Morgan fingerprint density at radius 1 is 1.25 bits per heavy atom. The number of primary sulfonamides is 1. The molecule has 0 bridgehead atoms. The van der Waals surface area contributed by atoms with Crippen LogP contribution in [0.15, 0.2) is 46.7 Å². The molecule has 0 aliphatic heterocycles. The molecule has 0 aromatic heterocycles. The first kappa shape index (κ1) is 15.2. The van der Waals surface area contributed by atoms with Crippen LogP contribution in [0.25, 0.3) is 0 Å². The van der Waals surface area contributed by atoms with E-state index in [4.69, 9.17) is 5.14 Å². The van der Waals surface area contributed by atoms with E-state index in [1.54, 1.807) is 0 Å². The van der Waals surface area contributed by atoms with Gasteiger partial charge in [-0.3, -0.25) is 0 Å². The van der Waals surface area contributed by atoms with Gasteiger partial charge in [-0.25, -0.2) is 22.0 Å². The molecule has 0 unspecified atom stereocenters. The quantitative estimate of drug-likeness (QED) is 0.780. The van der Waals surface area contributed by atoms with Crippen LogP contribution < -0.4 is 5.14 Å². The zero-order valence-electron chi connectivity index (χ0n) is 10.8. The van der Waals surface area contributed by atoms with E-state index in [1.807, 2.05) is 0 Å². The van der Waals surface area contributed by atoms with Crippen molar-refractivity contribution in [1.29, 1.82) is 0 Å². The highest BCUT2D eigenvalue weighted by Crippen LogP contribution is 2.32. The molecular weight excluding hydrogens is 300 g/mol. The third-order valence-electron chi connectivity index (χ3n) is 3.00. The zero-order valence-corrected chi connectivity index (χ0v) is 12.4. The van der Waals surface area contributed by atoms with Gasteiger partial charge in [0.05, 0.1) is 9.79 Å². The fourth-order valence-electron chi connectivity index (χ4n) is 1.88. The van der Waals surface area contributed by atoms with Crippen molar-refractivity contribution in [3.05, 3.63) is 36.9 Å². The number of sulfonamides is 2. The average molecular weight is 316 g/mol. The molecule has 1 aliphatic rings. The smallest absolute Gasteiger partial charge is 0.225 e. The van der Waals surface area contributed by atoms with Crippen molar-refractivity contribution in [1.82, 2.24) is 4.31 Å². The van der Waals surface area contributed by atoms with Gasteiger partial charge in [0, 0.05) is 12.6 Å². The molecule has 0 heterocycles. The van der Waals surface area contributed by atoms with Gasteiger partial charge in [-0.2, -0.15) is 4.31 Å². The highest BCUT2D eigenvalue weighted by atomic mass is 32.2. The van der Waals surface area contributed by atoms with Gasteiger partial charge in [-0.05, 0) is 31.0 Å². The Labute approximate surface area is 119 Å². The number of nitrogens with zero attached hydrogens (tertiary/aromatic N) is 1. The molecule has 20 heavy (non-hydrogen) atoms. The molecule has 1 fully saturated rings. The molecule has 110 valence electrons. The van der Waals surface area contributed by atoms with Gasteiger partial charge in [-0.1, -0.05) is 12.1 Å². The lowest BCUT2D eigenvalue weighted by Crippen LogP contribution is -2.33. The lowest BCUT2D eigenvalue weighted by Gasteiger charge is -2.20. The van der Waals surface area contributed by atoms with Gasteiger partial charge in [-0.15, -0.1) is 6.58 Å². The second-order valence-corrected chi connectivity index (χ2v) is 8.07. The predicted octanol–water partition coefficient (Wildman–Crippen LogP) is 0.673. The summed E-state index contributed by atoms with van der Waals surface area (Å²) >= 11 is 0. The van der Waals surface area contributed by atoms with Gasteiger partial charge in [0.25, 0.3) is 0 Å². The predicted molar refractivity (Wildman–Crippen MR) is 74.9 cm³/mol. The Morgan fingerprint density at radius 2 is 1.85 bits per heavy atom. The summed E-state index contributed by atoms with van der Waals surface area (Å²) in [5.41, 5.74) is 0. The van der Waals surface area contributed by atoms with E-state index in [0.717, 1.165) is 18.9 Å². The summed E-state index contributed by atoms with van der Waals surface area (Å²) < 4.78 is 49.0. The first-order valence-electron chi connectivity index (χ1n) is 6.02. The van der Waals surface area contributed by atoms with Crippen LogP contribution >= 0.6 is 0 Å². The van der Waals surface area contributed by atoms with Crippen molar-refractivity contribution in [2.24, 2.45) is 5.14 Å². The second kappa shape index (κ2) is 5.28. The molecule has 0 radical (unpaired) electrons. The molecule has 1 aromatic carbocycles. The Hall–Kier alpha value is -1.22. The molecule has 0 atom stereocenters. The topological polar surface area (TPSA) is 97.5 Å². The first-order chi connectivity index (χ1) is 9.26. The van der Waals surface area contributed by atoms with Gasteiger partial charge in [0.2, 0.25) is 20.0 Å². The number of hydrogen-bond donors (Lipinski definition) is 1. The summed E-state index contributed by atoms with van der Waals surface area (Å²) in [6, 6.07) is 5.05. The van der Waals surface area contributed by atoms with Gasteiger partial charge < -0.3 is 0 Å². The molecular formula is C12H16N2O4S2. The minimum atomic E-state index is -3.93. The lowest BCUT2D eigenvalue weighted by molar-refractivity contribution is 0.436. The SMILES string of the molecule is C=CCN(C1CC1)S(=O)(=O)c1cccc(S(N)(=O)=O)c1. The Bertz CT molecular complexity index is 722. The van der Waals surface area contributed by atoms with E-state index in [-0.39, 0.29) is 22.4 Å². The molecule has 1 aromatic rings. The minimum absolute atomic E-state index is 0.0314. The van der Waals surface area contributed by atoms with Crippen molar-refractivity contribution in [2.45, 2.75) is 28.7 Å². The second-order valence-electron chi connectivity index (χ2n) is 4.61. The number of hydrogen-bond acceptors (Lipinski definition) is 4. The third-order valence-corrected chi connectivity index (χ3v) is 5.83. The summed E-state index contributed by atoms with van der Waals surface area (Å²) in [7, 11) is -7.67. The number of benzene rings is 1. The first-order valence-corrected chi connectivity index (χ1v) is 9.01. The van der Waals surface area contributed by atoms with Gasteiger partial charge in [0.1, 0.15) is 0 Å². The molecule has 0 saturated heterocycles. The summed E-state index contributed by atoms with van der Waals surface area (Å²) in [6.45, 7) is 3.75. The summed E-state index contributed by atoms with van der Waals surface area (Å²) in [6.07, 6.45) is 3.13. The van der Waals surface area contributed by atoms with Gasteiger partial charge in [0.15, 0.2) is 0 Å². The van der Waals surface area contributed by atoms with Crippen molar-refractivity contribution in [3.63, 3.8) is 0 Å². The molecule has 1 saturated carbocycles. The summed E-state index contributed by atoms with van der Waals surface area (Å²) in [5.74, 6) is 0. The maximum absolute atomic E-state index is 12.5. The summed E-state index contributed by atoms with van der Waals surface area (Å²) in [4.78, 5) is -0.286.